The highest BCUT2D eigenvalue weighted by Gasteiger charge is 2.32. The molecule has 1 aliphatic rings. The van der Waals surface area contributed by atoms with E-state index in [0.29, 0.717) is 17.8 Å². The summed E-state index contributed by atoms with van der Waals surface area (Å²) in [7, 11) is 1.20. The van der Waals surface area contributed by atoms with Crippen molar-refractivity contribution in [1.29, 1.82) is 0 Å². The van der Waals surface area contributed by atoms with Gasteiger partial charge in [-0.3, -0.25) is 14.9 Å². The van der Waals surface area contributed by atoms with E-state index < -0.39 is 16.7 Å². The minimum absolute atomic E-state index is 0.0356. The van der Waals surface area contributed by atoms with Gasteiger partial charge in [0.1, 0.15) is 11.5 Å². The molecular weight excluding hydrogens is 339 g/mol. The number of hydrogen-bond donors (Lipinski definition) is 1. The maximum atomic E-state index is 14.4. The van der Waals surface area contributed by atoms with Gasteiger partial charge in [0.05, 0.1) is 18.5 Å². The predicted octanol–water partition coefficient (Wildman–Crippen LogP) is 4.32. The zero-order valence-electron chi connectivity index (χ0n) is 15.8. The van der Waals surface area contributed by atoms with Crippen molar-refractivity contribution in [2.24, 2.45) is 17.8 Å². The first kappa shape index (κ1) is 20.1. The molecule has 3 atom stereocenters. The van der Waals surface area contributed by atoms with Crippen molar-refractivity contribution in [3.8, 4) is 0 Å². The van der Waals surface area contributed by atoms with Crippen molar-refractivity contribution in [2.45, 2.75) is 52.5 Å². The van der Waals surface area contributed by atoms with Crippen LogP contribution in [-0.4, -0.2) is 24.0 Å². The van der Waals surface area contributed by atoms with Crippen LogP contribution in [0.1, 0.15) is 45.6 Å². The Balaban J connectivity index is 2.33. The van der Waals surface area contributed by atoms with Crippen LogP contribution in [0.25, 0.3) is 0 Å². The molecule has 0 spiro atoms. The number of nitro groups is 1. The van der Waals surface area contributed by atoms with E-state index in [0.717, 1.165) is 31.4 Å². The van der Waals surface area contributed by atoms with Crippen LogP contribution < -0.4 is 5.32 Å². The molecule has 7 heteroatoms. The Morgan fingerprint density at radius 1 is 1.42 bits per heavy atom. The van der Waals surface area contributed by atoms with E-state index in [1.165, 1.54) is 7.11 Å². The lowest BCUT2D eigenvalue weighted by atomic mass is 9.74. The lowest BCUT2D eigenvalue weighted by Crippen LogP contribution is -2.38. The van der Waals surface area contributed by atoms with E-state index >= 15 is 0 Å². The summed E-state index contributed by atoms with van der Waals surface area (Å²) >= 11 is 0. The molecule has 0 aliphatic heterocycles. The summed E-state index contributed by atoms with van der Waals surface area (Å²) in [6.07, 6.45) is 2.74. The lowest BCUT2D eigenvalue weighted by Gasteiger charge is -2.38. The van der Waals surface area contributed by atoms with Crippen molar-refractivity contribution in [3.63, 3.8) is 0 Å². The Hall–Kier alpha value is -2.18. The summed E-state index contributed by atoms with van der Waals surface area (Å²) in [5, 5.41) is 14.7. The highest BCUT2D eigenvalue weighted by Crippen LogP contribution is 2.37. The number of ether oxygens (including phenoxy) is 1. The first-order valence-electron chi connectivity index (χ1n) is 9.03. The molecule has 1 aliphatic carbocycles. The molecule has 1 fully saturated rings. The number of nitrogens with one attached hydrogen (secondary N) is 1. The second kappa shape index (κ2) is 8.47. The summed E-state index contributed by atoms with van der Waals surface area (Å²) < 4.78 is 18.9. The monoisotopic (exact) mass is 366 g/mol. The van der Waals surface area contributed by atoms with E-state index in [1.54, 1.807) is 0 Å². The molecule has 6 nitrogen and oxygen atoms in total. The summed E-state index contributed by atoms with van der Waals surface area (Å²) in [6, 6.07) is 2.32. The van der Waals surface area contributed by atoms with Gasteiger partial charge < -0.3 is 10.1 Å². The van der Waals surface area contributed by atoms with Crippen LogP contribution in [0.5, 0.6) is 0 Å². The summed E-state index contributed by atoms with van der Waals surface area (Å²) in [4.78, 5) is 22.3. The van der Waals surface area contributed by atoms with Crippen LogP contribution in [0.2, 0.25) is 0 Å². The zero-order valence-corrected chi connectivity index (χ0v) is 15.8. The van der Waals surface area contributed by atoms with Gasteiger partial charge >= 0.3 is 5.97 Å². The molecule has 0 unspecified atom stereocenters. The number of carbonyl (C=O) groups excluding carboxylic acids is 1. The summed E-state index contributed by atoms with van der Waals surface area (Å²) in [6.45, 7) is 6.45. The van der Waals surface area contributed by atoms with Gasteiger partial charge in [-0.15, -0.1) is 0 Å². The molecule has 0 amide bonds. The second-order valence-electron chi connectivity index (χ2n) is 7.55. The number of anilines is 1. The van der Waals surface area contributed by atoms with Gasteiger partial charge in [0.2, 0.25) is 0 Å². The normalized spacial score (nSPS) is 22.9. The third kappa shape index (κ3) is 4.71. The van der Waals surface area contributed by atoms with Gasteiger partial charge in [-0.25, -0.2) is 4.39 Å². The van der Waals surface area contributed by atoms with Crippen molar-refractivity contribution < 1.29 is 18.8 Å². The van der Waals surface area contributed by atoms with E-state index in [9.17, 15) is 19.3 Å². The first-order chi connectivity index (χ1) is 12.2. The number of methoxy groups -OCH3 is 1. The molecule has 1 N–H and O–H groups in total. The maximum absolute atomic E-state index is 14.4. The van der Waals surface area contributed by atoms with E-state index in [4.69, 9.17) is 0 Å². The Kier molecular flexibility index (Phi) is 6.56. The van der Waals surface area contributed by atoms with Crippen LogP contribution in [0, 0.1) is 33.7 Å². The van der Waals surface area contributed by atoms with Crippen molar-refractivity contribution in [2.75, 3.05) is 12.4 Å². The molecule has 144 valence electrons. The molecule has 0 radical (unpaired) electrons. The van der Waals surface area contributed by atoms with Crippen molar-refractivity contribution in [1.82, 2.24) is 0 Å². The van der Waals surface area contributed by atoms with Crippen LogP contribution in [0.4, 0.5) is 15.8 Å². The van der Waals surface area contributed by atoms with E-state index in [1.807, 2.05) is 0 Å². The third-order valence-electron chi connectivity index (χ3n) is 5.29. The number of nitrogens with zero attached hydrogens (tertiary/aromatic N) is 1. The fourth-order valence-electron chi connectivity index (χ4n) is 3.80. The topological polar surface area (TPSA) is 81.5 Å². The highest BCUT2D eigenvalue weighted by molar-refractivity contribution is 5.74. The second-order valence-corrected chi connectivity index (χ2v) is 7.55. The Morgan fingerprint density at radius 3 is 2.69 bits per heavy atom. The highest BCUT2D eigenvalue weighted by atomic mass is 19.1. The number of esters is 1. The number of benzene rings is 1. The van der Waals surface area contributed by atoms with E-state index in [-0.39, 0.29) is 29.4 Å². The summed E-state index contributed by atoms with van der Waals surface area (Å²) in [5.74, 6) is 0.0458. The van der Waals surface area contributed by atoms with Crippen LogP contribution in [0.15, 0.2) is 12.1 Å². The molecule has 1 aromatic carbocycles. The first-order valence-corrected chi connectivity index (χ1v) is 9.03. The Morgan fingerprint density at radius 2 is 2.12 bits per heavy atom. The fraction of sp³-hybridized carbons (Fsp3) is 0.632. The van der Waals surface area contributed by atoms with Crippen molar-refractivity contribution in [3.05, 3.63) is 33.6 Å². The largest absolute Gasteiger partial charge is 0.469 e. The lowest BCUT2D eigenvalue weighted by molar-refractivity contribution is -0.384. The number of nitro benzene ring substituents is 1. The van der Waals surface area contributed by atoms with Gasteiger partial charge in [-0.1, -0.05) is 27.2 Å². The molecule has 0 bridgehead atoms. The maximum Gasteiger partial charge on any atom is 0.310 e. The molecule has 0 aromatic heterocycles. The van der Waals surface area contributed by atoms with Crippen LogP contribution in [-0.2, 0) is 16.0 Å². The van der Waals surface area contributed by atoms with Gasteiger partial charge in [-0.05, 0) is 30.6 Å². The predicted molar refractivity (Wildman–Crippen MR) is 97.5 cm³/mol. The quantitative estimate of drug-likeness (QED) is 0.460. The van der Waals surface area contributed by atoms with Crippen LogP contribution in [0.3, 0.4) is 0 Å². The fourth-order valence-corrected chi connectivity index (χ4v) is 3.80. The van der Waals surface area contributed by atoms with Gasteiger partial charge in [-0.2, -0.15) is 0 Å². The number of carbonyl (C=O) groups is 1. The molecule has 0 saturated heterocycles. The number of rotatable bonds is 6. The molecular formula is C19H27FN2O4. The summed E-state index contributed by atoms with van der Waals surface area (Å²) in [5.41, 5.74) is -0.0802. The third-order valence-corrected chi connectivity index (χ3v) is 5.29. The SMILES string of the molecule is COC(=O)Cc1cc([N+](=O)[O-])c(N[C@@H]2C[C@H](C)CC[C@H]2C(C)C)cc1F. The average molecular weight is 366 g/mol. The molecule has 26 heavy (non-hydrogen) atoms. The number of halogens is 1. The standard InChI is InChI=1S/C19H27FN2O4/c1-11(2)14-6-5-12(3)7-16(14)21-17-10-15(20)13(9-19(23)26-4)8-18(17)22(24)25/h8,10-12,14,16,21H,5-7,9H2,1-4H3/t12-,14+,16-/m1/s1. The van der Waals surface area contributed by atoms with Crippen molar-refractivity contribution >= 4 is 17.3 Å². The van der Waals surface area contributed by atoms with E-state index in [2.05, 4.69) is 30.8 Å². The Labute approximate surface area is 153 Å². The molecule has 0 heterocycles. The van der Waals surface area contributed by atoms with Gasteiger partial charge in [0.25, 0.3) is 5.69 Å². The minimum atomic E-state index is -0.645. The van der Waals surface area contributed by atoms with Gasteiger partial charge in [0, 0.05) is 23.7 Å². The number of hydrogen-bond acceptors (Lipinski definition) is 5. The Bertz CT molecular complexity index is 678. The molecule has 1 saturated carbocycles. The van der Waals surface area contributed by atoms with Crippen LogP contribution >= 0.6 is 0 Å². The minimum Gasteiger partial charge on any atom is -0.469 e. The molecule has 1 aromatic rings. The zero-order chi connectivity index (χ0) is 19.4. The smallest absolute Gasteiger partial charge is 0.310 e. The molecule has 2 rings (SSSR count). The van der Waals surface area contributed by atoms with Gasteiger partial charge in [0.15, 0.2) is 0 Å². The average Bonchev–Trinajstić information content (AvgIpc) is 2.56.